The van der Waals surface area contributed by atoms with Gasteiger partial charge in [-0.2, -0.15) is 0 Å². The number of hydrogen-bond donors (Lipinski definition) is 2. The molecule has 0 amide bonds. The van der Waals surface area contributed by atoms with Crippen molar-refractivity contribution in [1.82, 2.24) is 9.97 Å². The average Bonchev–Trinajstić information content (AvgIpc) is 2.92. The molecule has 0 radical (unpaired) electrons. The zero-order valence-electron chi connectivity index (χ0n) is 11.6. The molecule has 0 aromatic carbocycles. The Labute approximate surface area is 113 Å². The summed E-state index contributed by atoms with van der Waals surface area (Å²) in [6, 6.07) is 5.83. The van der Waals surface area contributed by atoms with Crippen LogP contribution < -0.4 is 10.6 Å². The number of aromatic nitrogens is 2. The highest BCUT2D eigenvalue weighted by molar-refractivity contribution is 5.48. The molecule has 0 bridgehead atoms. The summed E-state index contributed by atoms with van der Waals surface area (Å²) in [5.74, 6) is 3.38. The highest BCUT2D eigenvalue weighted by atomic mass is 16.3. The Balaban J connectivity index is 2.16. The Bertz CT molecular complexity index is 510. The van der Waals surface area contributed by atoms with Gasteiger partial charge in [0.1, 0.15) is 23.2 Å². The molecule has 5 heteroatoms. The smallest absolute Gasteiger partial charge is 0.132 e. The first kappa shape index (κ1) is 13.4. The van der Waals surface area contributed by atoms with Crippen molar-refractivity contribution in [3.63, 3.8) is 0 Å². The van der Waals surface area contributed by atoms with E-state index in [0.717, 1.165) is 36.2 Å². The van der Waals surface area contributed by atoms with Crippen LogP contribution in [0.15, 0.2) is 28.9 Å². The Morgan fingerprint density at radius 3 is 2.68 bits per heavy atom. The van der Waals surface area contributed by atoms with Gasteiger partial charge in [0.05, 0.1) is 12.3 Å². The molecule has 19 heavy (non-hydrogen) atoms. The molecule has 0 fully saturated rings. The first-order valence-corrected chi connectivity index (χ1v) is 6.64. The Morgan fingerprint density at radius 1 is 1.26 bits per heavy atom. The molecule has 1 atom stereocenters. The van der Waals surface area contributed by atoms with Crippen molar-refractivity contribution in [1.29, 1.82) is 0 Å². The van der Waals surface area contributed by atoms with Crippen LogP contribution in [0.3, 0.4) is 0 Å². The van der Waals surface area contributed by atoms with E-state index in [2.05, 4.69) is 20.6 Å². The fourth-order valence-electron chi connectivity index (χ4n) is 1.83. The van der Waals surface area contributed by atoms with Crippen LogP contribution in [-0.2, 0) is 6.42 Å². The minimum absolute atomic E-state index is 0.0732. The van der Waals surface area contributed by atoms with E-state index in [0.29, 0.717) is 0 Å². The number of hydrogen-bond acceptors (Lipinski definition) is 5. The number of nitrogens with one attached hydrogen (secondary N) is 2. The van der Waals surface area contributed by atoms with Crippen molar-refractivity contribution in [2.75, 3.05) is 17.2 Å². The van der Waals surface area contributed by atoms with Crippen LogP contribution in [-0.4, -0.2) is 16.5 Å². The first-order valence-electron chi connectivity index (χ1n) is 6.64. The van der Waals surface area contributed by atoms with Gasteiger partial charge in [-0.25, -0.2) is 9.97 Å². The van der Waals surface area contributed by atoms with Gasteiger partial charge in [-0.1, -0.05) is 6.92 Å². The summed E-state index contributed by atoms with van der Waals surface area (Å²) in [5, 5.41) is 6.55. The van der Waals surface area contributed by atoms with Gasteiger partial charge >= 0.3 is 0 Å². The van der Waals surface area contributed by atoms with Crippen LogP contribution in [0.5, 0.6) is 0 Å². The van der Waals surface area contributed by atoms with E-state index in [9.17, 15) is 0 Å². The minimum Gasteiger partial charge on any atom is -0.467 e. The van der Waals surface area contributed by atoms with Crippen LogP contribution in [0, 0.1) is 0 Å². The normalized spacial score (nSPS) is 12.2. The van der Waals surface area contributed by atoms with Gasteiger partial charge in [-0.15, -0.1) is 0 Å². The Kier molecular flexibility index (Phi) is 4.39. The van der Waals surface area contributed by atoms with E-state index in [4.69, 9.17) is 4.42 Å². The number of furan rings is 1. The molecule has 2 rings (SSSR count). The van der Waals surface area contributed by atoms with Crippen molar-refractivity contribution in [3.05, 3.63) is 36.0 Å². The molecule has 2 aromatic heterocycles. The molecule has 0 spiro atoms. The van der Waals surface area contributed by atoms with Crippen molar-refractivity contribution < 1.29 is 4.42 Å². The van der Waals surface area contributed by atoms with Gasteiger partial charge in [0, 0.05) is 19.0 Å². The summed E-state index contributed by atoms with van der Waals surface area (Å²) in [7, 11) is 0. The van der Waals surface area contributed by atoms with E-state index in [1.807, 2.05) is 39.0 Å². The molecule has 0 saturated heterocycles. The standard InChI is InChI=1S/C14H20N4O/c1-4-12-17-13(15-5-2)9-14(18-12)16-10(3)11-7-6-8-19-11/h6-10H,4-5H2,1-3H3,(H2,15,16,17,18). The van der Waals surface area contributed by atoms with Crippen molar-refractivity contribution in [2.45, 2.75) is 33.2 Å². The highest BCUT2D eigenvalue weighted by Gasteiger charge is 2.10. The third-order valence-electron chi connectivity index (χ3n) is 2.78. The van der Waals surface area contributed by atoms with Crippen molar-refractivity contribution in [2.24, 2.45) is 0 Å². The van der Waals surface area contributed by atoms with Crippen LogP contribution >= 0.6 is 0 Å². The van der Waals surface area contributed by atoms with Crippen molar-refractivity contribution >= 4 is 11.6 Å². The monoisotopic (exact) mass is 260 g/mol. The molecule has 1 unspecified atom stereocenters. The summed E-state index contributed by atoms with van der Waals surface area (Å²) in [4.78, 5) is 8.91. The molecule has 0 aliphatic rings. The number of anilines is 2. The van der Waals surface area contributed by atoms with Crippen LogP contribution in [0.4, 0.5) is 11.6 Å². The number of aryl methyl sites for hydroxylation is 1. The zero-order chi connectivity index (χ0) is 13.7. The average molecular weight is 260 g/mol. The van der Waals surface area contributed by atoms with Crippen LogP contribution in [0.2, 0.25) is 0 Å². The maximum absolute atomic E-state index is 5.38. The molecule has 2 heterocycles. The Hall–Kier alpha value is -2.04. The molecular formula is C14H20N4O. The molecule has 102 valence electrons. The SMILES string of the molecule is CCNc1cc(NC(C)c2ccco2)nc(CC)n1. The lowest BCUT2D eigenvalue weighted by Gasteiger charge is -2.14. The molecule has 0 aliphatic heterocycles. The predicted molar refractivity (Wildman–Crippen MR) is 76.3 cm³/mol. The molecule has 2 aromatic rings. The van der Waals surface area contributed by atoms with Gasteiger partial charge in [-0.3, -0.25) is 0 Å². The van der Waals surface area contributed by atoms with Gasteiger partial charge in [0.25, 0.3) is 0 Å². The first-order chi connectivity index (χ1) is 9.22. The second kappa shape index (κ2) is 6.22. The van der Waals surface area contributed by atoms with Crippen LogP contribution in [0.25, 0.3) is 0 Å². The van der Waals surface area contributed by atoms with E-state index in [-0.39, 0.29) is 6.04 Å². The topological polar surface area (TPSA) is 63.0 Å². The van der Waals surface area contributed by atoms with Gasteiger partial charge in [-0.05, 0) is 26.0 Å². The summed E-state index contributed by atoms with van der Waals surface area (Å²) >= 11 is 0. The van der Waals surface area contributed by atoms with E-state index in [1.54, 1.807) is 6.26 Å². The third kappa shape index (κ3) is 3.47. The summed E-state index contributed by atoms with van der Waals surface area (Å²) < 4.78 is 5.38. The second-order valence-electron chi connectivity index (χ2n) is 4.32. The van der Waals surface area contributed by atoms with Crippen LogP contribution in [0.1, 0.15) is 38.4 Å². The lowest BCUT2D eigenvalue weighted by Crippen LogP contribution is -2.10. The van der Waals surface area contributed by atoms with Gasteiger partial charge < -0.3 is 15.1 Å². The minimum atomic E-state index is 0.0732. The fraction of sp³-hybridized carbons (Fsp3) is 0.429. The fourth-order valence-corrected chi connectivity index (χ4v) is 1.83. The molecular weight excluding hydrogens is 240 g/mol. The number of rotatable bonds is 6. The van der Waals surface area contributed by atoms with E-state index in [1.165, 1.54) is 0 Å². The molecule has 5 nitrogen and oxygen atoms in total. The highest BCUT2D eigenvalue weighted by Crippen LogP contribution is 2.20. The van der Waals surface area contributed by atoms with E-state index < -0.39 is 0 Å². The number of nitrogens with zero attached hydrogens (tertiary/aromatic N) is 2. The van der Waals surface area contributed by atoms with Gasteiger partial charge in [0.2, 0.25) is 0 Å². The quantitative estimate of drug-likeness (QED) is 0.834. The third-order valence-corrected chi connectivity index (χ3v) is 2.78. The van der Waals surface area contributed by atoms with E-state index >= 15 is 0 Å². The zero-order valence-corrected chi connectivity index (χ0v) is 11.6. The molecule has 2 N–H and O–H groups in total. The maximum Gasteiger partial charge on any atom is 0.132 e. The summed E-state index contributed by atoms with van der Waals surface area (Å²) in [6.07, 6.45) is 2.48. The van der Waals surface area contributed by atoms with Gasteiger partial charge in [0.15, 0.2) is 0 Å². The summed E-state index contributed by atoms with van der Waals surface area (Å²) in [5.41, 5.74) is 0. The lowest BCUT2D eigenvalue weighted by molar-refractivity contribution is 0.490. The molecule has 0 aliphatic carbocycles. The maximum atomic E-state index is 5.38. The second-order valence-corrected chi connectivity index (χ2v) is 4.32. The van der Waals surface area contributed by atoms with Crippen molar-refractivity contribution in [3.8, 4) is 0 Å². The molecule has 0 saturated carbocycles. The lowest BCUT2D eigenvalue weighted by atomic mass is 10.2. The largest absolute Gasteiger partial charge is 0.467 e. The predicted octanol–water partition coefficient (Wildman–Crippen LogP) is 3.24. The summed E-state index contributed by atoms with van der Waals surface area (Å²) in [6.45, 7) is 6.98. The Morgan fingerprint density at radius 2 is 2.05 bits per heavy atom.